The molecule has 0 radical (unpaired) electrons. The Morgan fingerprint density at radius 2 is 1.94 bits per heavy atom. The molecule has 0 saturated carbocycles. The molecular weight excluding hydrogens is 220 g/mol. The van der Waals surface area contributed by atoms with E-state index in [1.165, 1.54) is 11.1 Å². The van der Waals surface area contributed by atoms with E-state index < -0.39 is 0 Å². The average molecular weight is 240 g/mol. The van der Waals surface area contributed by atoms with Crippen molar-refractivity contribution in [2.24, 2.45) is 0 Å². The molecule has 1 unspecified atom stereocenters. The van der Waals surface area contributed by atoms with Crippen LogP contribution in [0.3, 0.4) is 0 Å². The lowest BCUT2D eigenvalue weighted by Gasteiger charge is -2.18. The first-order chi connectivity index (χ1) is 8.78. The number of pyridine rings is 1. The molecule has 2 nitrogen and oxygen atoms in total. The number of aromatic nitrogens is 1. The predicted molar refractivity (Wildman–Crippen MR) is 76.8 cm³/mol. The number of aryl methyl sites for hydroxylation is 1. The van der Waals surface area contributed by atoms with Crippen LogP contribution in [-0.2, 0) is 6.42 Å². The fourth-order valence-electron chi connectivity index (χ4n) is 2.07. The summed E-state index contributed by atoms with van der Waals surface area (Å²) >= 11 is 0. The van der Waals surface area contributed by atoms with Gasteiger partial charge in [-0.1, -0.05) is 37.3 Å². The van der Waals surface area contributed by atoms with Gasteiger partial charge in [-0.3, -0.25) is 4.98 Å². The van der Waals surface area contributed by atoms with E-state index in [1.54, 1.807) is 0 Å². The van der Waals surface area contributed by atoms with E-state index in [1.807, 2.05) is 12.4 Å². The molecule has 1 aromatic heterocycles. The fraction of sp³-hybridized carbons (Fsp3) is 0.312. The van der Waals surface area contributed by atoms with Crippen LogP contribution in [0.4, 0.5) is 5.69 Å². The van der Waals surface area contributed by atoms with Crippen molar-refractivity contribution in [2.45, 2.75) is 32.7 Å². The van der Waals surface area contributed by atoms with Gasteiger partial charge in [-0.05, 0) is 37.0 Å². The molecule has 0 spiro atoms. The lowest BCUT2D eigenvalue weighted by Crippen LogP contribution is -2.21. The molecule has 0 amide bonds. The van der Waals surface area contributed by atoms with Crippen LogP contribution in [0.15, 0.2) is 48.8 Å². The molecule has 0 aliphatic rings. The molecule has 2 heteroatoms. The first-order valence-electron chi connectivity index (χ1n) is 6.50. The van der Waals surface area contributed by atoms with Crippen molar-refractivity contribution in [3.63, 3.8) is 0 Å². The quantitative estimate of drug-likeness (QED) is 0.859. The smallest absolute Gasteiger partial charge is 0.0531 e. The minimum Gasteiger partial charge on any atom is -0.381 e. The molecule has 0 aliphatic carbocycles. The summed E-state index contributed by atoms with van der Waals surface area (Å²) in [4.78, 5) is 4.22. The molecular formula is C16H20N2. The second kappa shape index (κ2) is 6.20. The van der Waals surface area contributed by atoms with Gasteiger partial charge in [0, 0.05) is 18.4 Å². The Bertz CT molecular complexity index is 479. The normalized spacial score (nSPS) is 12.1. The summed E-state index contributed by atoms with van der Waals surface area (Å²) in [5.74, 6) is 0. The van der Waals surface area contributed by atoms with Gasteiger partial charge >= 0.3 is 0 Å². The summed E-state index contributed by atoms with van der Waals surface area (Å²) < 4.78 is 0. The van der Waals surface area contributed by atoms with Gasteiger partial charge in [0.1, 0.15) is 0 Å². The maximum absolute atomic E-state index is 4.22. The predicted octanol–water partition coefficient (Wildman–Crippen LogP) is 3.82. The van der Waals surface area contributed by atoms with Gasteiger partial charge in [0.25, 0.3) is 0 Å². The highest BCUT2D eigenvalue weighted by Gasteiger charge is 2.07. The van der Waals surface area contributed by atoms with Gasteiger partial charge < -0.3 is 5.32 Å². The Morgan fingerprint density at radius 1 is 1.17 bits per heavy atom. The van der Waals surface area contributed by atoms with Crippen molar-refractivity contribution in [1.82, 2.24) is 4.98 Å². The van der Waals surface area contributed by atoms with E-state index >= 15 is 0 Å². The largest absolute Gasteiger partial charge is 0.381 e. The van der Waals surface area contributed by atoms with Gasteiger partial charge in [0.2, 0.25) is 0 Å². The molecule has 0 fully saturated rings. The summed E-state index contributed by atoms with van der Waals surface area (Å²) in [6, 6.07) is 13.2. The van der Waals surface area contributed by atoms with E-state index in [0.717, 1.165) is 18.5 Å². The number of hydrogen-bond donors (Lipinski definition) is 1. The van der Waals surface area contributed by atoms with Crippen molar-refractivity contribution in [3.8, 4) is 0 Å². The summed E-state index contributed by atoms with van der Waals surface area (Å²) in [5.41, 5.74) is 3.67. The van der Waals surface area contributed by atoms with Crippen LogP contribution in [0.1, 0.15) is 24.5 Å². The summed E-state index contributed by atoms with van der Waals surface area (Å²) in [5, 5.41) is 3.56. The third kappa shape index (κ3) is 3.59. The molecule has 2 aromatic rings. The Balaban J connectivity index is 2.01. The van der Waals surface area contributed by atoms with Crippen LogP contribution in [0, 0.1) is 6.92 Å². The third-order valence-electron chi connectivity index (χ3n) is 3.06. The third-order valence-corrected chi connectivity index (χ3v) is 3.06. The second-order valence-electron chi connectivity index (χ2n) is 4.69. The minimum atomic E-state index is 0.455. The second-order valence-corrected chi connectivity index (χ2v) is 4.69. The van der Waals surface area contributed by atoms with E-state index in [-0.39, 0.29) is 0 Å². The molecule has 1 atom stereocenters. The van der Waals surface area contributed by atoms with Crippen LogP contribution in [0.5, 0.6) is 0 Å². The molecule has 0 bridgehead atoms. The zero-order valence-corrected chi connectivity index (χ0v) is 11.1. The summed E-state index contributed by atoms with van der Waals surface area (Å²) in [7, 11) is 0. The monoisotopic (exact) mass is 240 g/mol. The zero-order chi connectivity index (χ0) is 12.8. The number of anilines is 1. The van der Waals surface area contributed by atoms with Crippen LogP contribution in [0.25, 0.3) is 0 Å². The standard InChI is InChI=1S/C16H20N2/c1-3-15(10-14-7-5-4-6-8-14)18-16-9-13(2)11-17-12-16/h4-9,11-12,15,18H,3,10H2,1-2H3. The average Bonchev–Trinajstić information content (AvgIpc) is 2.39. The van der Waals surface area contributed by atoms with Crippen LogP contribution >= 0.6 is 0 Å². The van der Waals surface area contributed by atoms with Crippen LogP contribution in [0.2, 0.25) is 0 Å². The summed E-state index contributed by atoms with van der Waals surface area (Å²) in [6.07, 6.45) is 5.91. The van der Waals surface area contributed by atoms with Crippen LogP contribution in [-0.4, -0.2) is 11.0 Å². The summed E-state index contributed by atoms with van der Waals surface area (Å²) in [6.45, 7) is 4.28. The maximum Gasteiger partial charge on any atom is 0.0531 e. The first kappa shape index (κ1) is 12.6. The number of nitrogens with zero attached hydrogens (tertiary/aromatic N) is 1. The Hall–Kier alpha value is -1.83. The van der Waals surface area contributed by atoms with Crippen molar-refractivity contribution in [1.29, 1.82) is 0 Å². The van der Waals surface area contributed by atoms with Gasteiger partial charge in [0.15, 0.2) is 0 Å². The van der Waals surface area contributed by atoms with Gasteiger partial charge in [-0.2, -0.15) is 0 Å². The minimum absolute atomic E-state index is 0.455. The molecule has 0 aliphatic heterocycles. The maximum atomic E-state index is 4.22. The lowest BCUT2D eigenvalue weighted by molar-refractivity contribution is 0.690. The molecule has 1 heterocycles. The Labute approximate surface area is 109 Å². The highest BCUT2D eigenvalue weighted by atomic mass is 14.9. The van der Waals surface area contributed by atoms with E-state index in [0.29, 0.717) is 6.04 Å². The Morgan fingerprint density at radius 3 is 2.61 bits per heavy atom. The fourth-order valence-corrected chi connectivity index (χ4v) is 2.07. The molecule has 1 aromatic carbocycles. The number of rotatable bonds is 5. The molecule has 18 heavy (non-hydrogen) atoms. The molecule has 0 saturated heterocycles. The molecule has 1 N–H and O–H groups in total. The zero-order valence-electron chi connectivity index (χ0n) is 11.1. The SMILES string of the molecule is CCC(Cc1ccccc1)Nc1cncc(C)c1. The van der Waals surface area contributed by atoms with E-state index in [2.05, 4.69) is 60.5 Å². The van der Waals surface area contributed by atoms with Gasteiger partial charge in [-0.15, -0.1) is 0 Å². The molecule has 2 rings (SSSR count). The van der Waals surface area contributed by atoms with Gasteiger partial charge in [-0.25, -0.2) is 0 Å². The van der Waals surface area contributed by atoms with Crippen molar-refractivity contribution < 1.29 is 0 Å². The van der Waals surface area contributed by atoms with E-state index in [9.17, 15) is 0 Å². The van der Waals surface area contributed by atoms with Crippen LogP contribution < -0.4 is 5.32 Å². The lowest BCUT2D eigenvalue weighted by atomic mass is 10.0. The van der Waals surface area contributed by atoms with Crippen molar-refractivity contribution in [2.75, 3.05) is 5.32 Å². The first-order valence-corrected chi connectivity index (χ1v) is 6.50. The highest BCUT2D eigenvalue weighted by Crippen LogP contribution is 2.13. The number of nitrogens with one attached hydrogen (secondary N) is 1. The number of hydrogen-bond acceptors (Lipinski definition) is 2. The Kier molecular flexibility index (Phi) is 4.35. The number of benzene rings is 1. The van der Waals surface area contributed by atoms with Crippen molar-refractivity contribution in [3.05, 3.63) is 59.9 Å². The highest BCUT2D eigenvalue weighted by molar-refractivity contribution is 5.43. The van der Waals surface area contributed by atoms with Crippen molar-refractivity contribution >= 4 is 5.69 Å². The van der Waals surface area contributed by atoms with Gasteiger partial charge in [0.05, 0.1) is 5.69 Å². The van der Waals surface area contributed by atoms with E-state index in [4.69, 9.17) is 0 Å². The molecule has 94 valence electrons. The topological polar surface area (TPSA) is 24.9 Å².